The molecule has 27 heavy (non-hydrogen) atoms. The number of alkyl halides is 3. The molecule has 4 nitrogen and oxygen atoms in total. The molecular weight excluding hydrogens is 373 g/mol. The Bertz CT molecular complexity index is 774. The fourth-order valence-electron chi connectivity index (χ4n) is 3.99. The first-order valence-corrected chi connectivity index (χ1v) is 10.0. The molecule has 0 saturated carbocycles. The molecule has 0 aliphatic carbocycles. The zero-order valence-corrected chi connectivity index (χ0v) is 16.0. The molecule has 2 aromatic rings. The molecule has 3 unspecified atom stereocenters. The first-order valence-electron chi connectivity index (χ1n) is 9.20. The molecule has 0 amide bonds. The van der Waals surface area contributed by atoms with E-state index in [1.54, 1.807) is 11.3 Å². The third kappa shape index (κ3) is 4.12. The Morgan fingerprint density at radius 1 is 1.22 bits per heavy atom. The van der Waals surface area contributed by atoms with Crippen molar-refractivity contribution in [2.24, 2.45) is 0 Å². The highest BCUT2D eigenvalue weighted by molar-refractivity contribution is 7.11. The van der Waals surface area contributed by atoms with Crippen molar-refractivity contribution in [1.29, 1.82) is 0 Å². The van der Waals surface area contributed by atoms with Gasteiger partial charge in [0.25, 0.3) is 0 Å². The van der Waals surface area contributed by atoms with Crippen LogP contribution in [0.2, 0.25) is 0 Å². The Labute approximate surface area is 161 Å². The van der Waals surface area contributed by atoms with E-state index in [-0.39, 0.29) is 0 Å². The van der Waals surface area contributed by atoms with Gasteiger partial charge in [0, 0.05) is 60.8 Å². The molecule has 0 aromatic carbocycles. The maximum absolute atomic E-state index is 12.8. The summed E-state index contributed by atoms with van der Waals surface area (Å²) >= 11 is 1.80. The number of nitrogens with one attached hydrogen (secondary N) is 1. The lowest BCUT2D eigenvalue weighted by Gasteiger charge is -2.41. The van der Waals surface area contributed by atoms with Gasteiger partial charge in [-0.25, -0.2) is 4.98 Å². The van der Waals surface area contributed by atoms with Crippen molar-refractivity contribution in [1.82, 2.24) is 15.2 Å². The molecule has 0 radical (unpaired) electrons. The van der Waals surface area contributed by atoms with E-state index in [4.69, 9.17) is 0 Å². The van der Waals surface area contributed by atoms with Crippen LogP contribution < -0.4 is 10.2 Å². The molecule has 2 aliphatic rings. The lowest BCUT2D eigenvalue weighted by Crippen LogP contribution is -2.56. The lowest BCUT2D eigenvalue weighted by atomic mass is 10.1. The van der Waals surface area contributed by atoms with E-state index >= 15 is 0 Å². The molecule has 3 atom stereocenters. The van der Waals surface area contributed by atoms with Crippen LogP contribution in [0.5, 0.6) is 0 Å². The maximum Gasteiger partial charge on any atom is 0.417 e. The molecule has 2 saturated heterocycles. The first kappa shape index (κ1) is 18.7. The van der Waals surface area contributed by atoms with Crippen LogP contribution in [-0.4, -0.2) is 48.1 Å². The van der Waals surface area contributed by atoms with Crippen molar-refractivity contribution in [2.75, 3.05) is 31.1 Å². The second-order valence-electron chi connectivity index (χ2n) is 7.29. The Morgan fingerprint density at radius 3 is 2.74 bits per heavy atom. The number of hydrogen-bond acceptors (Lipinski definition) is 5. The monoisotopic (exact) mass is 396 g/mol. The Morgan fingerprint density at radius 2 is 2.07 bits per heavy atom. The summed E-state index contributed by atoms with van der Waals surface area (Å²) in [6.45, 7) is 6.60. The summed E-state index contributed by atoms with van der Waals surface area (Å²) in [5.74, 6) is 0.647. The lowest BCUT2D eigenvalue weighted by molar-refractivity contribution is -0.137. The van der Waals surface area contributed by atoms with Crippen LogP contribution in [0.4, 0.5) is 19.0 Å². The van der Waals surface area contributed by atoms with Crippen molar-refractivity contribution in [3.8, 4) is 0 Å². The van der Waals surface area contributed by atoms with Crippen LogP contribution in [0.1, 0.15) is 21.7 Å². The summed E-state index contributed by atoms with van der Waals surface area (Å²) in [4.78, 5) is 11.4. The maximum atomic E-state index is 12.8. The Kier molecular flexibility index (Phi) is 5.13. The average Bonchev–Trinajstić information content (AvgIpc) is 3.23. The normalized spacial score (nSPS) is 25.2. The number of pyridine rings is 1. The highest BCUT2D eigenvalue weighted by atomic mass is 32.1. The van der Waals surface area contributed by atoms with Crippen LogP contribution in [0.3, 0.4) is 0 Å². The zero-order chi connectivity index (χ0) is 19.0. The molecule has 1 N–H and O–H groups in total. The largest absolute Gasteiger partial charge is 0.417 e. The summed E-state index contributed by atoms with van der Waals surface area (Å²) in [6, 6.07) is 7.61. The number of aromatic nitrogens is 1. The third-order valence-electron chi connectivity index (χ3n) is 5.40. The number of aryl methyl sites for hydroxylation is 1. The standard InChI is InChI=1S/C19H23F3N4S/c1-13-2-4-17(27-13)10-23-9-16-12-26(15-6-7-25(16)11-15)18-5-3-14(8-24-18)19(20,21)22/h2-5,8,15-16,23H,6-7,9-12H2,1H3. The number of halogens is 3. The number of hydrogen-bond donors (Lipinski definition) is 1. The van der Waals surface area contributed by atoms with Gasteiger partial charge in [0.15, 0.2) is 0 Å². The number of rotatable bonds is 5. The van der Waals surface area contributed by atoms with Gasteiger partial charge in [-0.2, -0.15) is 13.2 Å². The van der Waals surface area contributed by atoms with E-state index in [1.807, 2.05) is 0 Å². The highest BCUT2D eigenvalue weighted by Gasteiger charge is 2.39. The van der Waals surface area contributed by atoms with E-state index in [0.717, 1.165) is 51.4 Å². The minimum absolute atomic E-state index is 0.338. The van der Waals surface area contributed by atoms with Gasteiger partial charge in [-0.05, 0) is 37.6 Å². The smallest absolute Gasteiger partial charge is 0.351 e. The molecule has 2 fully saturated rings. The van der Waals surface area contributed by atoms with Gasteiger partial charge in [-0.3, -0.25) is 4.90 Å². The van der Waals surface area contributed by atoms with Gasteiger partial charge in [-0.1, -0.05) is 0 Å². The van der Waals surface area contributed by atoms with Crippen molar-refractivity contribution < 1.29 is 13.2 Å². The van der Waals surface area contributed by atoms with Crippen LogP contribution in [-0.2, 0) is 12.7 Å². The average molecular weight is 396 g/mol. The van der Waals surface area contributed by atoms with Crippen molar-refractivity contribution >= 4 is 17.2 Å². The molecule has 2 aromatic heterocycles. The van der Waals surface area contributed by atoms with Crippen molar-refractivity contribution in [2.45, 2.75) is 38.1 Å². The summed E-state index contributed by atoms with van der Waals surface area (Å²) in [5.41, 5.74) is -0.694. The van der Waals surface area contributed by atoms with E-state index in [0.29, 0.717) is 17.9 Å². The van der Waals surface area contributed by atoms with Crippen LogP contribution >= 0.6 is 11.3 Å². The molecule has 146 valence electrons. The van der Waals surface area contributed by atoms with Gasteiger partial charge in [0.2, 0.25) is 0 Å². The second-order valence-corrected chi connectivity index (χ2v) is 8.66. The van der Waals surface area contributed by atoms with Gasteiger partial charge >= 0.3 is 6.18 Å². The van der Waals surface area contributed by atoms with E-state index in [2.05, 4.69) is 39.2 Å². The van der Waals surface area contributed by atoms with E-state index in [1.165, 1.54) is 15.8 Å². The van der Waals surface area contributed by atoms with Crippen molar-refractivity contribution in [3.05, 3.63) is 45.8 Å². The van der Waals surface area contributed by atoms with Gasteiger partial charge in [-0.15, -0.1) is 11.3 Å². The molecule has 2 bridgehead atoms. The summed E-state index contributed by atoms with van der Waals surface area (Å²) < 4.78 is 38.4. The summed E-state index contributed by atoms with van der Waals surface area (Å²) in [5, 5.41) is 3.54. The third-order valence-corrected chi connectivity index (χ3v) is 6.40. The molecule has 8 heteroatoms. The first-order chi connectivity index (χ1) is 12.9. The predicted octanol–water partition coefficient (Wildman–Crippen LogP) is 3.52. The van der Waals surface area contributed by atoms with Crippen LogP contribution in [0, 0.1) is 6.92 Å². The summed E-state index contributed by atoms with van der Waals surface area (Å²) in [6.07, 6.45) is -2.36. The van der Waals surface area contributed by atoms with Crippen LogP contribution in [0.15, 0.2) is 30.5 Å². The van der Waals surface area contributed by atoms with Gasteiger partial charge < -0.3 is 10.2 Å². The predicted molar refractivity (Wildman–Crippen MR) is 101 cm³/mol. The molecule has 0 spiro atoms. The Balaban J connectivity index is 1.40. The van der Waals surface area contributed by atoms with E-state index in [9.17, 15) is 13.2 Å². The Hall–Kier alpha value is -1.64. The van der Waals surface area contributed by atoms with Crippen LogP contribution in [0.25, 0.3) is 0 Å². The zero-order valence-electron chi connectivity index (χ0n) is 15.2. The second kappa shape index (κ2) is 7.41. The highest BCUT2D eigenvalue weighted by Crippen LogP contribution is 2.32. The number of nitrogens with zero attached hydrogens (tertiary/aromatic N) is 3. The minimum atomic E-state index is -4.34. The fraction of sp³-hybridized carbons (Fsp3) is 0.526. The molecule has 4 rings (SSSR count). The van der Waals surface area contributed by atoms with E-state index < -0.39 is 11.7 Å². The minimum Gasteiger partial charge on any atom is -0.351 e. The number of piperazine rings is 1. The number of fused-ring (bicyclic) bond motifs is 2. The number of anilines is 1. The quantitative estimate of drug-likeness (QED) is 0.838. The molecule has 4 heterocycles. The molecular formula is C19H23F3N4S. The van der Waals surface area contributed by atoms with Gasteiger partial charge in [0.05, 0.1) is 5.56 Å². The topological polar surface area (TPSA) is 31.4 Å². The van der Waals surface area contributed by atoms with Crippen molar-refractivity contribution in [3.63, 3.8) is 0 Å². The SMILES string of the molecule is Cc1ccc(CNCC2CN(c3ccc(C(F)(F)F)cn3)C3CCN2C3)s1. The fourth-order valence-corrected chi connectivity index (χ4v) is 4.85. The summed E-state index contributed by atoms with van der Waals surface area (Å²) in [7, 11) is 0. The number of thiophene rings is 1. The van der Waals surface area contributed by atoms with Gasteiger partial charge in [0.1, 0.15) is 5.82 Å². The molecule has 2 aliphatic heterocycles.